The summed E-state index contributed by atoms with van der Waals surface area (Å²) in [7, 11) is 0. The molecule has 0 aliphatic carbocycles. The van der Waals surface area contributed by atoms with Crippen molar-refractivity contribution in [2.75, 3.05) is 6.54 Å². The number of hydrogen-bond acceptors (Lipinski definition) is 2. The predicted molar refractivity (Wildman–Crippen MR) is 58.3 cm³/mol. The van der Waals surface area contributed by atoms with Crippen LogP contribution in [0.25, 0.3) is 0 Å². The van der Waals surface area contributed by atoms with Crippen LogP contribution in [0.15, 0.2) is 16.6 Å². The Morgan fingerprint density at radius 3 is 2.67 bits per heavy atom. The highest BCUT2D eigenvalue weighted by Crippen LogP contribution is 2.25. The van der Waals surface area contributed by atoms with E-state index in [0.717, 1.165) is 0 Å². The largest absolute Gasteiger partial charge is 0.481 e. The summed E-state index contributed by atoms with van der Waals surface area (Å²) in [5.41, 5.74) is 6.27. The van der Waals surface area contributed by atoms with E-state index in [9.17, 15) is 9.18 Å². The zero-order valence-corrected chi connectivity index (χ0v) is 9.71. The Kier molecular flexibility index (Phi) is 3.82. The number of carbonyl (C=O) groups is 1. The lowest BCUT2D eigenvalue weighted by Gasteiger charge is -2.12. The van der Waals surface area contributed by atoms with Crippen LogP contribution in [0, 0.1) is 12.7 Å². The minimum Gasteiger partial charge on any atom is -0.481 e. The summed E-state index contributed by atoms with van der Waals surface area (Å²) >= 11 is 3.03. The molecule has 0 fully saturated rings. The zero-order chi connectivity index (χ0) is 11.6. The highest BCUT2D eigenvalue weighted by Gasteiger charge is 2.19. The molecule has 1 unspecified atom stereocenters. The van der Waals surface area contributed by atoms with Gasteiger partial charge in [0.1, 0.15) is 5.82 Å². The van der Waals surface area contributed by atoms with Crippen molar-refractivity contribution < 1.29 is 14.3 Å². The average molecular weight is 276 g/mol. The first-order valence-electron chi connectivity index (χ1n) is 4.35. The van der Waals surface area contributed by atoms with Gasteiger partial charge in [-0.2, -0.15) is 0 Å². The molecule has 1 atom stereocenters. The topological polar surface area (TPSA) is 63.3 Å². The second kappa shape index (κ2) is 4.72. The summed E-state index contributed by atoms with van der Waals surface area (Å²) in [6.07, 6.45) is 0. The van der Waals surface area contributed by atoms with E-state index < -0.39 is 11.9 Å². The first-order valence-corrected chi connectivity index (χ1v) is 5.15. The number of carboxylic acids is 1. The van der Waals surface area contributed by atoms with Gasteiger partial charge in [-0.25, -0.2) is 4.39 Å². The fraction of sp³-hybridized carbons (Fsp3) is 0.300. The Balaban J connectivity index is 3.20. The molecule has 0 radical (unpaired) electrons. The number of hydrogen-bond donors (Lipinski definition) is 2. The number of aryl methyl sites for hydroxylation is 1. The molecule has 3 N–H and O–H groups in total. The molecule has 1 aromatic carbocycles. The lowest BCUT2D eigenvalue weighted by Crippen LogP contribution is -2.21. The Hall–Kier alpha value is -0.940. The maximum absolute atomic E-state index is 13.3. The van der Waals surface area contributed by atoms with Gasteiger partial charge in [0, 0.05) is 6.54 Å². The van der Waals surface area contributed by atoms with E-state index >= 15 is 0 Å². The molecule has 3 nitrogen and oxygen atoms in total. The van der Waals surface area contributed by atoms with Gasteiger partial charge in [-0.1, -0.05) is 6.07 Å². The molecule has 0 aromatic heterocycles. The molecule has 0 amide bonds. The van der Waals surface area contributed by atoms with Crippen molar-refractivity contribution in [3.63, 3.8) is 0 Å². The Morgan fingerprint density at radius 1 is 1.67 bits per heavy atom. The van der Waals surface area contributed by atoms with Gasteiger partial charge in [-0.3, -0.25) is 4.79 Å². The lowest BCUT2D eigenvalue weighted by atomic mass is 9.97. The summed E-state index contributed by atoms with van der Waals surface area (Å²) in [5, 5.41) is 8.89. The maximum Gasteiger partial charge on any atom is 0.312 e. The van der Waals surface area contributed by atoms with Crippen molar-refractivity contribution in [1.29, 1.82) is 0 Å². The van der Waals surface area contributed by atoms with E-state index in [0.29, 0.717) is 11.1 Å². The third kappa shape index (κ3) is 2.54. The molecule has 0 saturated heterocycles. The van der Waals surface area contributed by atoms with Crippen molar-refractivity contribution in [2.45, 2.75) is 12.8 Å². The molecule has 15 heavy (non-hydrogen) atoms. The molecule has 0 aliphatic rings. The first kappa shape index (κ1) is 12.1. The molecule has 0 spiro atoms. The van der Waals surface area contributed by atoms with Crippen molar-refractivity contribution in [3.05, 3.63) is 33.5 Å². The normalized spacial score (nSPS) is 12.5. The summed E-state index contributed by atoms with van der Waals surface area (Å²) in [6.45, 7) is 1.58. The second-order valence-electron chi connectivity index (χ2n) is 3.26. The molecule has 0 aliphatic heterocycles. The van der Waals surface area contributed by atoms with E-state index in [4.69, 9.17) is 10.8 Å². The van der Waals surface area contributed by atoms with Crippen molar-refractivity contribution in [2.24, 2.45) is 5.73 Å². The van der Waals surface area contributed by atoms with Gasteiger partial charge in [-0.15, -0.1) is 0 Å². The number of carboxylic acid groups (broad SMARTS) is 1. The molecule has 1 aromatic rings. The van der Waals surface area contributed by atoms with E-state index in [1.54, 1.807) is 6.92 Å². The van der Waals surface area contributed by atoms with Crippen LogP contribution in [-0.4, -0.2) is 17.6 Å². The van der Waals surface area contributed by atoms with Crippen molar-refractivity contribution in [1.82, 2.24) is 0 Å². The summed E-state index contributed by atoms with van der Waals surface area (Å²) in [4.78, 5) is 10.8. The Morgan fingerprint density at radius 2 is 2.27 bits per heavy atom. The zero-order valence-electron chi connectivity index (χ0n) is 8.13. The van der Waals surface area contributed by atoms with Gasteiger partial charge in [0.2, 0.25) is 0 Å². The number of rotatable bonds is 3. The molecule has 0 saturated carbocycles. The predicted octanol–water partition coefficient (Wildman–Crippen LogP) is 2.02. The summed E-state index contributed by atoms with van der Waals surface area (Å²) < 4.78 is 13.5. The van der Waals surface area contributed by atoms with E-state index in [1.165, 1.54) is 12.1 Å². The standard InChI is InChI=1S/C10H11BrFNO2/c1-5-2-6(3-8(11)9(5)12)7(4-13)10(14)15/h2-3,7H,4,13H2,1H3,(H,14,15). The quantitative estimate of drug-likeness (QED) is 0.887. The molecule has 82 valence electrons. The molecule has 0 bridgehead atoms. The second-order valence-corrected chi connectivity index (χ2v) is 4.11. The summed E-state index contributed by atoms with van der Waals surface area (Å²) in [5.74, 6) is -2.17. The highest BCUT2D eigenvalue weighted by atomic mass is 79.9. The fourth-order valence-corrected chi connectivity index (χ4v) is 1.91. The van der Waals surface area contributed by atoms with Gasteiger partial charge in [-0.05, 0) is 40.0 Å². The van der Waals surface area contributed by atoms with Gasteiger partial charge in [0.25, 0.3) is 0 Å². The van der Waals surface area contributed by atoms with E-state index in [1.807, 2.05) is 0 Å². The van der Waals surface area contributed by atoms with Crippen LogP contribution in [0.1, 0.15) is 17.0 Å². The Bertz CT molecular complexity index is 372. The SMILES string of the molecule is Cc1cc(C(CN)C(=O)O)cc(Br)c1F. The number of halogens is 2. The number of aliphatic carboxylic acids is 1. The maximum atomic E-state index is 13.3. The fourth-order valence-electron chi connectivity index (χ4n) is 1.33. The first-order chi connectivity index (χ1) is 6.97. The smallest absolute Gasteiger partial charge is 0.312 e. The van der Waals surface area contributed by atoms with Crippen molar-refractivity contribution >= 4 is 21.9 Å². The monoisotopic (exact) mass is 275 g/mol. The van der Waals surface area contributed by atoms with Crippen LogP contribution in [0.5, 0.6) is 0 Å². The van der Waals surface area contributed by atoms with Crippen LogP contribution < -0.4 is 5.73 Å². The van der Waals surface area contributed by atoms with Gasteiger partial charge in [0.05, 0.1) is 10.4 Å². The van der Waals surface area contributed by atoms with Gasteiger partial charge < -0.3 is 10.8 Å². The minimum absolute atomic E-state index is 0.00710. The van der Waals surface area contributed by atoms with E-state index in [2.05, 4.69) is 15.9 Å². The summed E-state index contributed by atoms with van der Waals surface area (Å²) in [6, 6.07) is 2.96. The van der Waals surface area contributed by atoms with Crippen LogP contribution in [-0.2, 0) is 4.79 Å². The van der Waals surface area contributed by atoms with Gasteiger partial charge in [0.15, 0.2) is 0 Å². The third-order valence-corrected chi connectivity index (χ3v) is 2.75. The van der Waals surface area contributed by atoms with E-state index in [-0.39, 0.29) is 16.8 Å². The molecule has 5 heteroatoms. The third-order valence-electron chi connectivity index (χ3n) is 2.17. The van der Waals surface area contributed by atoms with Crippen LogP contribution in [0.3, 0.4) is 0 Å². The van der Waals surface area contributed by atoms with Crippen LogP contribution in [0.2, 0.25) is 0 Å². The molecular formula is C10H11BrFNO2. The molecule has 0 heterocycles. The van der Waals surface area contributed by atoms with Crippen LogP contribution >= 0.6 is 15.9 Å². The average Bonchev–Trinajstić information content (AvgIpc) is 2.14. The number of benzene rings is 1. The van der Waals surface area contributed by atoms with Crippen LogP contribution in [0.4, 0.5) is 4.39 Å². The highest BCUT2D eigenvalue weighted by molar-refractivity contribution is 9.10. The lowest BCUT2D eigenvalue weighted by molar-refractivity contribution is -0.138. The molecule has 1 rings (SSSR count). The Labute approximate surface area is 95.2 Å². The number of nitrogens with two attached hydrogens (primary N) is 1. The molecular weight excluding hydrogens is 265 g/mol. The van der Waals surface area contributed by atoms with Crippen molar-refractivity contribution in [3.8, 4) is 0 Å². The minimum atomic E-state index is -1.00. The van der Waals surface area contributed by atoms with Gasteiger partial charge >= 0.3 is 5.97 Å².